The first kappa shape index (κ1) is 19.9. The lowest BCUT2D eigenvalue weighted by Gasteiger charge is -2.24. The molecule has 2 aliphatic rings. The van der Waals surface area contributed by atoms with E-state index in [0.29, 0.717) is 28.6 Å². The van der Waals surface area contributed by atoms with Crippen molar-refractivity contribution < 1.29 is 9.59 Å². The number of rotatable bonds is 4. The van der Waals surface area contributed by atoms with Crippen molar-refractivity contribution in [3.05, 3.63) is 63.6 Å². The van der Waals surface area contributed by atoms with Crippen molar-refractivity contribution in [1.82, 2.24) is 5.32 Å². The first-order valence-corrected chi connectivity index (χ1v) is 10.4. The minimum atomic E-state index is -0.437. The van der Waals surface area contributed by atoms with Crippen LogP contribution in [-0.2, 0) is 11.2 Å². The molecule has 4 rings (SSSR count). The second-order valence-electron chi connectivity index (χ2n) is 7.45. The van der Waals surface area contributed by atoms with E-state index < -0.39 is 6.04 Å². The normalized spacial score (nSPS) is 20.6. The number of anilines is 1. The topological polar surface area (TPSA) is 61.8 Å². The SMILES string of the molecule is C[C@H]1CN2C(=N1)C(NC(=O)CCc1ccc(Cl)cc1Cl)CC(=O)c1ccccc12. The Morgan fingerprint density at radius 3 is 2.83 bits per heavy atom. The van der Waals surface area contributed by atoms with Crippen LogP contribution in [0.3, 0.4) is 0 Å². The number of carbonyl (C=O) groups excluding carboxylic acids is 2. The summed E-state index contributed by atoms with van der Waals surface area (Å²) in [5.74, 6) is 0.632. The highest BCUT2D eigenvalue weighted by Gasteiger charge is 2.37. The predicted octanol–water partition coefficient (Wildman–Crippen LogP) is 4.30. The van der Waals surface area contributed by atoms with E-state index in [1.165, 1.54) is 0 Å². The summed E-state index contributed by atoms with van der Waals surface area (Å²) in [6.07, 6.45) is 0.962. The second kappa shape index (κ2) is 8.17. The van der Waals surface area contributed by atoms with Crippen molar-refractivity contribution in [2.45, 2.75) is 38.3 Å². The van der Waals surface area contributed by atoms with Gasteiger partial charge < -0.3 is 10.2 Å². The van der Waals surface area contributed by atoms with Gasteiger partial charge in [-0.1, -0.05) is 41.4 Å². The molecule has 1 N–H and O–H groups in total. The summed E-state index contributed by atoms with van der Waals surface area (Å²) < 4.78 is 0. The molecule has 2 aromatic rings. The summed E-state index contributed by atoms with van der Waals surface area (Å²) in [6.45, 7) is 2.74. The number of carbonyl (C=O) groups is 2. The van der Waals surface area contributed by atoms with Gasteiger partial charge in [0.2, 0.25) is 5.91 Å². The molecule has 150 valence electrons. The molecule has 0 radical (unpaired) electrons. The molecule has 2 aromatic carbocycles. The lowest BCUT2D eigenvalue weighted by molar-refractivity contribution is -0.121. The Kier molecular flexibility index (Phi) is 5.61. The van der Waals surface area contributed by atoms with Gasteiger partial charge in [0, 0.05) is 35.0 Å². The Hall–Kier alpha value is -2.37. The number of para-hydroxylation sites is 1. The van der Waals surface area contributed by atoms with E-state index in [1.807, 2.05) is 37.3 Å². The summed E-state index contributed by atoms with van der Waals surface area (Å²) in [4.78, 5) is 32.2. The molecule has 1 amide bonds. The molecule has 0 aromatic heterocycles. The maximum atomic E-state index is 12.8. The second-order valence-corrected chi connectivity index (χ2v) is 8.29. The molecule has 5 nitrogen and oxygen atoms in total. The molecule has 29 heavy (non-hydrogen) atoms. The summed E-state index contributed by atoms with van der Waals surface area (Å²) >= 11 is 12.1. The number of aliphatic imine (C=N–C) groups is 1. The monoisotopic (exact) mass is 429 g/mol. The fourth-order valence-electron chi connectivity index (χ4n) is 3.88. The van der Waals surface area contributed by atoms with Crippen molar-refractivity contribution in [2.24, 2.45) is 4.99 Å². The van der Waals surface area contributed by atoms with E-state index in [0.717, 1.165) is 17.1 Å². The van der Waals surface area contributed by atoms with Crippen LogP contribution in [0.15, 0.2) is 47.5 Å². The zero-order valence-electron chi connectivity index (χ0n) is 16.0. The molecule has 0 bridgehead atoms. The van der Waals surface area contributed by atoms with Gasteiger partial charge in [-0.3, -0.25) is 14.6 Å². The minimum absolute atomic E-state index is 0.0106. The highest BCUT2D eigenvalue weighted by molar-refractivity contribution is 6.35. The van der Waals surface area contributed by atoms with Crippen molar-refractivity contribution in [3.63, 3.8) is 0 Å². The standard InChI is InChI=1S/C22H21Cl2N3O2/c1-13-12-27-19-5-3-2-4-16(19)20(28)11-18(22(27)25-13)26-21(29)9-7-14-6-8-15(23)10-17(14)24/h2-6,8,10,13,18H,7,9,11-12H2,1H3,(H,26,29)/t13-,18?/m0/s1. The van der Waals surface area contributed by atoms with Crippen molar-refractivity contribution in [2.75, 3.05) is 11.4 Å². The third kappa shape index (κ3) is 4.16. The van der Waals surface area contributed by atoms with Crippen LogP contribution in [0.1, 0.15) is 35.7 Å². The number of ketones is 1. The number of aryl methyl sites for hydroxylation is 1. The highest BCUT2D eigenvalue weighted by atomic mass is 35.5. The lowest BCUT2D eigenvalue weighted by atomic mass is 10.0. The Morgan fingerprint density at radius 1 is 1.24 bits per heavy atom. The molecule has 1 unspecified atom stereocenters. The largest absolute Gasteiger partial charge is 0.346 e. The van der Waals surface area contributed by atoms with Crippen LogP contribution < -0.4 is 10.2 Å². The number of halogens is 2. The number of amides is 1. The van der Waals surface area contributed by atoms with E-state index in [1.54, 1.807) is 12.1 Å². The summed E-state index contributed by atoms with van der Waals surface area (Å²) in [6, 6.07) is 12.5. The molecule has 2 atom stereocenters. The Bertz CT molecular complexity index is 1010. The van der Waals surface area contributed by atoms with Crippen LogP contribution in [0.2, 0.25) is 10.0 Å². The molecule has 7 heteroatoms. The average molecular weight is 430 g/mol. The first-order valence-electron chi connectivity index (χ1n) is 9.63. The van der Waals surface area contributed by atoms with Gasteiger partial charge in [-0.15, -0.1) is 0 Å². The number of nitrogens with zero attached hydrogens (tertiary/aromatic N) is 2. The van der Waals surface area contributed by atoms with E-state index >= 15 is 0 Å². The summed E-state index contributed by atoms with van der Waals surface area (Å²) in [7, 11) is 0. The number of hydrogen-bond acceptors (Lipinski definition) is 4. The third-order valence-electron chi connectivity index (χ3n) is 5.24. The Labute approximate surface area is 179 Å². The van der Waals surface area contributed by atoms with Crippen molar-refractivity contribution in [1.29, 1.82) is 0 Å². The molecule has 0 saturated heterocycles. The van der Waals surface area contributed by atoms with E-state index in [9.17, 15) is 9.59 Å². The van der Waals surface area contributed by atoms with Gasteiger partial charge in [-0.25, -0.2) is 0 Å². The van der Waals surface area contributed by atoms with Gasteiger partial charge in [0.25, 0.3) is 0 Å². The van der Waals surface area contributed by atoms with Crippen molar-refractivity contribution in [3.8, 4) is 0 Å². The zero-order valence-corrected chi connectivity index (χ0v) is 17.5. The van der Waals surface area contributed by atoms with E-state index in [2.05, 4.69) is 10.2 Å². The minimum Gasteiger partial charge on any atom is -0.346 e. The van der Waals surface area contributed by atoms with Gasteiger partial charge in [-0.05, 0) is 43.2 Å². The van der Waals surface area contributed by atoms with Crippen LogP contribution in [0.4, 0.5) is 5.69 Å². The Balaban J connectivity index is 1.50. The number of amidine groups is 1. The molecule has 0 spiro atoms. The van der Waals surface area contributed by atoms with Crippen LogP contribution >= 0.6 is 23.2 Å². The lowest BCUT2D eigenvalue weighted by Crippen LogP contribution is -2.46. The van der Waals surface area contributed by atoms with Gasteiger partial charge in [0.05, 0.1) is 17.8 Å². The van der Waals surface area contributed by atoms with Crippen molar-refractivity contribution >= 4 is 46.4 Å². The van der Waals surface area contributed by atoms with Gasteiger partial charge >= 0.3 is 0 Å². The third-order valence-corrected chi connectivity index (χ3v) is 5.83. The molecule has 2 aliphatic heterocycles. The first-order chi connectivity index (χ1) is 13.9. The zero-order chi connectivity index (χ0) is 20.5. The number of benzene rings is 2. The van der Waals surface area contributed by atoms with Crippen LogP contribution in [0, 0.1) is 0 Å². The number of fused-ring (bicyclic) bond motifs is 3. The molecule has 2 heterocycles. The van der Waals surface area contributed by atoms with Gasteiger partial charge in [0.15, 0.2) is 5.78 Å². The average Bonchev–Trinajstić information content (AvgIpc) is 3.04. The van der Waals surface area contributed by atoms with Crippen LogP contribution in [0.5, 0.6) is 0 Å². The molecule has 0 aliphatic carbocycles. The van der Waals surface area contributed by atoms with E-state index in [-0.39, 0.29) is 30.6 Å². The quantitative estimate of drug-likeness (QED) is 0.787. The predicted molar refractivity (Wildman–Crippen MR) is 116 cm³/mol. The van der Waals surface area contributed by atoms with Crippen LogP contribution in [0.25, 0.3) is 0 Å². The maximum absolute atomic E-state index is 12.8. The number of nitrogens with one attached hydrogen (secondary N) is 1. The summed E-state index contributed by atoms with van der Waals surface area (Å²) in [5.41, 5.74) is 2.41. The number of Topliss-reactive ketones (excluding diaryl/α,β-unsaturated/α-hetero) is 1. The maximum Gasteiger partial charge on any atom is 0.220 e. The van der Waals surface area contributed by atoms with Gasteiger partial charge in [0.1, 0.15) is 5.84 Å². The van der Waals surface area contributed by atoms with E-state index in [4.69, 9.17) is 28.2 Å². The molecular formula is C22H21Cl2N3O2. The fraction of sp³-hybridized carbons (Fsp3) is 0.318. The summed E-state index contributed by atoms with van der Waals surface area (Å²) in [5, 5.41) is 4.13. The fourth-order valence-corrected chi connectivity index (χ4v) is 4.38. The van der Waals surface area contributed by atoms with Crippen LogP contribution in [-0.4, -0.2) is 36.2 Å². The highest BCUT2D eigenvalue weighted by Crippen LogP contribution is 2.31. The molecule has 0 fully saturated rings. The molecular weight excluding hydrogens is 409 g/mol. The number of hydrogen-bond donors (Lipinski definition) is 1. The molecule has 0 saturated carbocycles. The Morgan fingerprint density at radius 2 is 2.03 bits per heavy atom. The van der Waals surface area contributed by atoms with Gasteiger partial charge in [-0.2, -0.15) is 0 Å². The smallest absolute Gasteiger partial charge is 0.220 e.